The van der Waals surface area contributed by atoms with Gasteiger partial charge in [-0.2, -0.15) is 5.10 Å². The number of carbonyl (C=O) groups excluding carboxylic acids is 1. The van der Waals surface area contributed by atoms with E-state index >= 15 is 0 Å². The Kier molecular flexibility index (Phi) is 5.10. The Hall–Kier alpha value is -2.58. The maximum Gasteiger partial charge on any atom is 0.253 e. The number of aliphatic hydroxyl groups is 1. The van der Waals surface area contributed by atoms with Gasteiger partial charge in [0.05, 0.1) is 6.20 Å². The van der Waals surface area contributed by atoms with Crippen molar-refractivity contribution in [3.63, 3.8) is 0 Å². The Balaban J connectivity index is 2.17. The zero-order valence-electron chi connectivity index (χ0n) is 14.8. The number of hydrogen-bond donors (Lipinski definition) is 1. The molecule has 1 N–H and O–H groups in total. The van der Waals surface area contributed by atoms with Crippen LogP contribution in [0, 0.1) is 18.8 Å². The van der Waals surface area contributed by atoms with Gasteiger partial charge in [-0.3, -0.25) is 9.48 Å². The van der Waals surface area contributed by atoms with E-state index in [1.807, 2.05) is 20.0 Å². The molecule has 0 spiro atoms. The monoisotopic (exact) mass is 325 g/mol. The molecule has 1 heterocycles. The molecule has 0 saturated carbocycles. The second-order valence-electron chi connectivity index (χ2n) is 6.43. The zero-order valence-corrected chi connectivity index (χ0v) is 14.8. The molecule has 0 aliphatic heterocycles. The summed E-state index contributed by atoms with van der Waals surface area (Å²) in [4.78, 5) is 14.3. The Morgan fingerprint density at radius 3 is 2.71 bits per heavy atom. The molecule has 5 nitrogen and oxygen atoms in total. The molecule has 2 aromatic rings. The minimum atomic E-state index is -1.06. The van der Waals surface area contributed by atoms with Crippen LogP contribution >= 0.6 is 0 Å². The lowest BCUT2D eigenvalue weighted by atomic mass is 10.1. The highest BCUT2D eigenvalue weighted by molar-refractivity contribution is 5.94. The van der Waals surface area contributed by atoms with E-state index < -0.39 is 5.60 Å². The van der Waals surface area contributed by atoms with Gasteiger partial charge in [0.25, 0.3) is 5.91 Å². The normalized spacial score (nSPS) is 10.9. The smallest absolute Gasteiger partial charge is 0.253 e. The first-order chi connectivity index (χ1) is 11.2. The highest BCUT2D eigenvalue weighted by Gasteiger charge is 2.15. The summed E-state index contributed by atoms with van der Waals surface area (Å²) in [6, 6.07) is 7.13. The van der Waals surface area contributed by atoms with E-state index in [0.717, 1.165) is 11.3 Å². The molecule has 0 bridgehead atoms. The Morgan fingerprint density at radius 1 is 1.42 bits per heavy atom. The lowest BCUT2D eigenvalue weighted by molar-refractivity contribution is 0.0785. The summed E-state index contributed by atoms with van der Waals surface area (Å²) in [6.07, 6.45) is 1.78. The highest BCUT2D eigenvalue weighted by Crippen LogP contribution is 2.12. The van der Waals surface area contributed by atoms with Gasteiger partial charge in [0.2, 0.25) is 0 Å². The molecular weight excluding hydrogens is 302 g/mol. The SMILES string of the molecule is Cc1c(CN(C)C(=O)c2cccc(C#CC(C)(C)O)c2)cnn1C. The fourth-order valence-electron chi connectivity index (χ4n) is 2.20. The molecule has 0 aliphatic carbocycles. The summed E-state index contributed by atoms with van der Waals surface area (Å²) in [5.74, 6) is 5.57. The van der Waals surface area contributed by atoms with Crippen molar-refractivity contribution in [3.8, 4) is 11.8 Å². The maximum atomic E-state index is 12.6. The van der Waals surface area contributed by atoms with E-state index in [-0.39, 0.29) is 5.91 Å². The zero-order chi connectivity index (χ0) is 17.9. The van der Waals surface area contributed by atoms with E-state index in [1.54, 1.807) is 54.9 Å². The summed E-state index contributed by atoms with van der Waals surface area (Å²) in [7, 11) is 3.65. The van der Waals surface area contributed by atoms with Crippen LogP contribution in [-0.4, -0.2) is 38.3 Å². The first kappa shape index (κ1) is 17.8. The molecule has 1 amide bonds. The number of hydrogen-bond acceptors (Lipinski definition) is 3. The van der Waals surface area contributed by atoms with E-state index in [1.165, 1.54) is 0 Å². The average molecular weight is 325 g/mol. The van der Waals surface area contributed by atoms with Crippen molar-refractivity contribution in [2.45, 2.75) is 32.9 Å². The van der Waals surface area contributed by atoms with Gasteiger partial charge in [-0.15, -0.1) is 0 Å². The molecular formula is C19H23N3O2. The Bertz CT molecular complexity index is 804. The summed E-state index contributed by atoms with van der Waals surface area (Å²) in [5, 5.41) is 13.9. The average Bonchev–Trinajstić information content (AvgIpc) is 2.84. The van der Waals surface area contributed by atoms with Gasteiger partial charge in [-0.05, 0) is 39.0 Å². The predicted octanol–water partition coefficient (Wildman–Crippen LogP) is 2.12. The van der Waals surface area contributed by atoms with E-state index in [9.17, 15) is 9.90 Å². The number of aryl methyl sites for hydroxylation is 1. The topological polar surface area (TPSA) is 58.4 Å². The standard InChI is InChI=1S/C19H23N3O2/c1-14-17(12-20-22(14)5)13-21(4)18(23)16-8-6-7-15(11-16)9-10-19(2,3)24/h6-8,11-12,24H,13H2,1-5H3. The summed E-state index contributed by atoms with van der Waals surface area (Å²) < 4.78 is 1.79. The van der Waals surface area contributed by atoms with Crippen LogP contribution in [0.2, 0.25) is 0 Å². The molecule has 5 heteroatoms. The van der Waals surface area contributed by atoms with Crippen LogP contribution in [0.4, 0.5) is 0 Å². The molecule has 24 heavy (non-hydrogen) atoms. The molecule has 0 atom stereocenters. The minimum Gasteiger partial charge on any atom is -0.378 e. The van der Waals surface area contributed by atoms with Crippen LogP contribution in [0.1, 0.15) is 41.0 Å². The third-order valence-electron chi connectivity index (χ3n) is 3.71. The lowest BCUT2D eigenvalue weighted by Crippen LogP contribution is -2.26. The summed E-state index contributed by atoms with van der Waals surface area (Å²) in [5.41, 5.74) is 2.27. The molecule has 0 radical (unpaired) electrons. The maximum absolute atomic E-state index is 12.6. The number of aromatic nitrogens is 2. The second-order valence-corrected chi connectivity index (χ2v) is 6.43. The van der Waals surface area contributed by atoms with Crippen molar-refractivity contribution in [2.75, 3.05) is 7.05 Å². The number of amides is 1. The van der Waals surface area contributed by atoms with Crippen molar-refractivity contribution in [1.29, 1.82) is 0 Å². The molecule has 1 aromatic carbocycles. The van der Waals surface area contributed by atoms with E-state index in [0.29, 0.717) is 17.7 Å². The minimum absolute atomic E-state index is 0.0786. The van der Waals surface area contributed by atoms with Crippen molar-refractivity contribution < 1.29 is 9.90 Å². The van der Waals surface area contributed by atoms with Crippen LogP contribution < -0.4 is 0 Å². The van der Waals surface area contributed by atoms with E-state index in [4.69, 9.17) is 0 Å². The highest BCUT2D eigenvalue weighted by atomic mass is 16.3. The van der Waals surface area contributed by atoms with Gasteiger partial charge in [-0.1, -0.05) is 17.9 Å². The molecule has 2 rings (SSSR count). The third kappa shape index (κ3) is 4.46. The van der Waals surface area contributed by atoms with E-state index in [2.05, 4.69) is 16.9 Å². The molecule has 0 aliphatic rings. The van der Waals surface area contributed by atoms with Crippen LogP contribution in [0.5, 0.6) is 0 Å². The first-order valence-corrected chi connectivity index (χ1v) is 7.76. The summed E-state index contributed by atoms with van der Waals surface area (Å²) in [6.45, 7) is 5.73. The van der Waals surface area contributed by atoms with Crippen LogP contribution in [-0.2, 0) is 13.6 Å². The van der Waals surface area contributed by atoms with Crippen molar-refractivity contribution in [2.24, 2.45) is 7.05 Å². The van der Waals surface area contributed by atoms with Gasteiger partial charge >= 0.3 is 0 Å². The van der Waals surface area contributed by atoms with Crippen molar-refractivity contribution in [3.05, 3.63) is 52.8 Å². The number of rotatable bonds is 3. The van der Waals surface area contributed by atoms with Gasteiger partial charge < -0.3 is 10.0 Å². The molecule has 0 saturated heterocycles. The van der Waals surface area contributed by atoms with Crippen LogP contribution in [0.25, 0.3) is 0 Å². The number of carbonyl (C=O) groups is 1. The van der Waals surface area contributed by atoms with Crippen LogP contribution in [0.3, 0.4) is 0 Å². The molecule has 0 fully saturated rings. The molecule has 126 valence electrons. The van der Waals surface area contributed by atoms with Gasteiger partial charge in [0.1, 0.15) is 5.60 Å². The van der Waals surface area contributed by atoms with Crippen LogP contribution in [0.15, 0.2) is 30.5 Å². The van der Waals surface area contributed by atoms with Crippen molar-refractivity contribution in [1.82, 2.24) is 14.7 Å². The van der Waals surface area contributed by atoms with Gasteiger partial charge in [0, 0.05) is 43.0 Å². The molecule has 1 aromatic heterocycles. The van der Waals surface area contributed by atoms with Gasteiger partial charge in [0.15, 0.2) is 0 Å². The molecule has 0 unspecified atom stereocenters. The largest absolute Gasteiger partial charge is 0.378 e. The Labute approximate surface area is 142 Å². The number of nitrogens with zero attached hydrogens (tertiary/aromatic N) is 3. The Morgan fingerprint density at radius 2 is 2.12 bits per heavy atom. The number of benzene rings is 1. The second kappa shape index (κ2) is 6.90. The third-order valence-corrected chi connectivity index (χ3v) is 3.71. The lowest BCUT2D eigenvalue weighted by Gasteiger charge is -2.17. The summed E-state index contributed by atoms with van der Waals surface area (Å²) >= 11 is 0. The predicted molar refractivity (Wildman–Crippen MR) is 93.4 cm³/mol. The quantitative estimate of drug-likeness (QED) is 0.880. The fraction of sp³-hybridized carbons (Fsp3) is 0.368. The van der Waals surface area contributed by atoms with Gasteiger partial charge in [-0.25, -0.2) is 0 Å². The fourth-order valence-corrected chi connectivity index (χ4v) is 2.20. The van der Waals surface area contributed by atoms with Crippen molar-refractivity contribution >= 4 is 5.91 Å². The first-order valence-electron chi connectivity index (χ1n) is 7.76.